The molecule has 5 nitrogen and oxygen atoms in total. The molecule has 0 heterocycles. The highest BCUT2D eigenvalue weighted by Crippen LogP contribution is 2.21. The minimum absolute atomic E-state index is 0.136. The number of hydrogen-bond acceptors (Lipinski definition) is 3. The first kappa shape index (κ1) is 26.0. The minimum Gasteiger partial charge on any atom is -0.483 e. The molecule has 0 aliphatic rings. The highest BCUT2D eigenvalue weighted by atomic mass is 16.5. The molecule has 0 saturated carbocycles. The number of carbonyl (C=O) groups excluding carboxylic acids is 2. The van der Waals surface area contributed by atoms with Gasteiger partial charge in [-0.3, -0.25) is 9.59 Å². The Morgan fingerprint density at radius 2 is 1.60 bits per heavy atom. The van der Waals surface area contributed by atoms with Gasteiger partial charge in [-0.2, -0.15) is 0 Å². The van der Waals surface area contributed by atoms with E-state index in [0.29, 0.717) is 25.3 Å². The molecule has 0 spiro atoms. The van der Waals surface area contributed by atoms with E-state index in [1.807, 2.05) is 100 Å². The molecular formula is C30H36N2O3. The smallest absolute Gasteiger partial charge is 0.261 e. The first-order valence-corrected chi connectivity index (χ1v) is 12.2. The second-order valence-electron chi connectivity index (χ2n) is 8.99. The molecule has 0 aliphatic carbocycles. The summed E-state index contributed by atoms with van der Waals surface area (Å²) in [6.07, 6.45) is 1.25. The van der Waals surface area contributed by atoms with Gasteiger partial charge in [-0.1, -0.05) is 79.2 Å². The van der Waals surface area contributed by atoms with Gasteiger partial charge in [-0.05, 0) is 55.5 Å². The number of ether oxygens (including phenoxy) is 1. The molecule has 0 radical (unpaired) electrons. The van der Waals surface area contributed by atoms with Crippen molar-refractivity contribution in [3.05, 3.63) is 101 Å². The number of nitrogens with one attached hydrogen (secondary N) is 1. The second-order valence-corrected chi connectivity index (χ2v) is 8.99. The average molecular weight is 473 g/mol. The third-order valence-electron chi connectivity index (χ3n) is 6.20. The van der Waals surface area contributed by atoms with Crippen molar-refractivity contribution in [3.63, 3.8) is 0 Å². The predicted octanol–water partition coefficient (Wildman–Crippen LogP) is 5.16. The quantitative estimate of drug-likeness (QED) is 0.420. The van der Waals surface area contributed by atoms with Gasteiger partial charge >= 0.3 is 0 Å². The molecule has 0 bridgehead atoms. The van der Waals surface area contributed by atoms with Crippen LogP contribution in [0.3, 0.4) is 0 Å². The van der Waals surface area contributed by atoms with Gasteiger partial charge in [-0.15, -0.1) is 0 Å². The summed E-state index contributed by atoms with van der Waals surface area (Å²) in [5.41, 5.74) is 5.23. The Balaban J connectivity index is 1.90. The van der Waals surface area contributed by atoms with Crippen LogP contribution in [0.5, 0.6) is 5.75 Å². The van der Waals surface area contributed by atoms with Crippen molar-refractivity contribution >= 4 is 11.8 Å². The molecule has 0 aliphatic heterocycles. The Morgan fingerprint density at radius 1 is 0.886 bits per heavy atom. The van der Waals surface area contributed by atoms with Crippen molar-refractivity contribution in [1.82, 2.24) is 10.2 Å². The van der Waals surface area contributed by atoms with E-state index in [9.17, 15) is 9.59 Å². The van der Waals surface area contributed by atoms with Gasteiger partial charge in [0.15, 0.2) is 6.61 Å². The molecule has 0 fully saturated rings. The van der Waals surface area contributed by atoms with Crippen LogP contribution in [0, 0.1) is 20.8 Å². The largest absolute Gasteiger partial charge is 0.483 e. The molecule has 1 N–H and O–H groups in total. The van der Waals surface area contributed by atoms with E-state index in [1.165, 1.54) is 0 Å². The van der Waals surface area contributed by atoms with Crippen LogP contribution in [0.15, 0.2) is 72.8 Å². The summed E-state index contributed by atoms with van der Waals surface area (Å²) in [6.45, 7) is 8.79. The lowest BCUT2D eigenvalue weighted by Crippen LogP contribution is -2.51. The van der Waals surface area contributed by atoms with E-state index in [-0.39, 0.29) is 18.4 Å². The van der Waals surface area contributed by atoms with Crippen molar-refractivity contribution in [1.29, 1.82) is 0 Å². The van der Waals surface area contributed by atoms with Crippen molar-refractivity contribution < 1.29 is 14.3 Å². The number of amides is 2. The standard InChI is InChI=1S/C30H36N2O3/c1-5-18-31-30(34)27(19-25-11-7-6-8-12-25)32(20-26-16-14-22(2)15-17-26)29(33)21-35-28-13-9-10-23(3)24(28)4/h6-17,27H,5,18-21H2,1-4H3,(H,31,34). The lowest BCUT2D eigenvalue weighted by molar-refractivity contribution is -0.142. The fourth-order valence-electron chi connectivity index (χ4n) is 3.91. The number of benzene rings is 3. The van der Waals surface area contributed by atoms with Gasteiger partial charge in [0.2, 0.25) is 5.91 Å². The average Bonchev–Trinajstić information content (AvgIpc) is 2.87. The Bertz CT molecular complexity index is 1110. The van der Waals surface area contributed by atoms with E-state index >= 15 is 0 Å². The van der Waals surface area contributed by atoms with Crippen molar-refractivity contribution in [2.45, 2.75) is 53.1 Å². The number of rotatable bonds is 11. The number of aryl methyl sites for hydroxylation is 2. The molecule has 1 atom stereocenters. The van der Waals surface area contributed by atoms with Gasteiger partial charge in [-0.25, -0.2) is 0 Å². The summed E-state index contributed by atoms with van der Waals surface area (Å²) < 4.78 is 5.96. The maximum atomic E-state index is 13.6. The van der Waals surface area contributed by atoms with Crippen molar-refractivity contribution in [2.24, 2.45) is 0 Å². The van der Waals surface area contributed by atoms with Crippen LogP contribution in [0.1, 0.15) is 41.2 Å². The Labute approximate surface area is 209 Å². The van der Waals surface area contributed by atoms with Gasteiger partial charge in [0.05, 0.1) is 0 Å². The van der Waals surface area contributed by atoms with Crippen molar-refractivity contribution in [3.8, 4) is 5.75 Å². The summed E-state index contributed by atoms with van der Waals surface area (Å²) in [4.78, 5) is 28.6. The van der Waals surface area contributed by atoms with Crippen molar-refractivity contribution in [2.75, 3.05) is 13.2 Å². The molecule has 35 heavy (non-hydrogen) atoms. The zero-order valence-electron chi connectivity index (χ0n) is 21.2. The highest BCUT2D eigenvalue weighted by Gasteiger charge is 2.30. The van der Waals surface area contributed by atoms with Crippen LogP contribution in [0.4, 0.5) is 0 Å². The fraction of sp³-hybridized carbons (Fsp3) is 0.333. The molecule has 0 aromatic heterocycles. The third-order valence-corrected chi connectivity index (χ3v) is 6.20. The summed E-state index contributed by atoms with van der Waals surface area (Å²) >= 11 is 0. The van der Waals surface area contributed by atoms with Crippen LogP contribution in [-0.4, -0.2) is 35.9 Å². The van der Waals surface area contributed by atoms with Crippen LogP contribution in [0.25, 0.3) is 0 Å². The summed E-state index contributed by atoms with van der Waals surface area (Å²) in [5, 5.41) is 3.00. The Kier molecular flexibility index (Phi) is 9.47. The fourth-order valence-corrected chi connectivity index (χ4v) is 3.91. The van der Waals surface area contributed by atoms with E-state index in [2.05, 4.69) is 5.32 Å². The van der Waals surface area contributed by atoms with Crippen LogP contribution >= 0.6 is 0 Å². The van der Waals surface area contributed by atoms with Crippen LogP contribution in [-0.2, 0) is 22.6 Å². The first-order valence-electron chi connectivity index (χ1n) is 12.2. The lowest BCUT2D eigenvalue weighted by Gasteiger charge is -2.31. The SMILES string of the molecule is CCCNC(=O)C(Cc1ccccc1)N(Cc1ccc(C)cc1)C(=O)COc1cccc(C)c1C. The van der Waals surface area contributed by atoms with E-state index in [4.69, 9.17) is 4.74 Å². The summed E-state index contributed by atoms with van der Waals surface area (Å²) in [5.74, 6) is 0.311. The molecular weight excluding hydrogens is 436 g/mol. The normalized spacial score (nSPS) is 11.5. The maximum Gasteiger partial charge on any atom is 0.261 e. The van der Waals surface area contributed by atoms with E-state index < -0.39 is 6.04 Å². The second kappa shape index (κ2) is 12.7. The first-order chi connectivity index (χ1) is 16.9. The Hall–Kier alpha value is -3.60. The number of nitrogens with zero attached hydrogens (tertiary/aromatic N) is 1. The molecule has 184 valence electrons. The molecule has 2 amide bonds. The van der Waals surface area contributed by atoms with E-state index in [0.717, 1.165) is 34.2 Å². The summed E-state index contributed by atoms with van der Waals surface area (Å²) in [6, 6.07) is 23.0. The molecule has 3 rings (SSSR count). The van der Waals surface area contributed by atoms with Gasteiger partial charge in [0.1, 0.15) is 11.8 Å². The van der Waals surface area contributed by atoms with E-state index in [1.54, 1.807) is 4.90 Å². The zero-order valence-corrected chi connectivity index (χ0v) is 21.2. The molecule has 3 aromatic rings. The topological polar surface area (TPSA) is 58.6 Å². The number of carbonyl (C=O) groups is 2. The molecule has 1 unspecified atom stereocenters. The third kappa shape index (κ3) is 7.44. The minimum atomic E-state index is -0.653. The molecule has 0 saturated heterocycles. The summed E-state index contributed by atoms with van der Waals surface area (Å²) in [7, 11) is 0. The lowest BCUT2D eigenvalue weighted by atomic mass is 10.0. The Morgan fingerprint density at radius 3 is 2.29 bits per heavy atom. The highest BCUT2D eigenvalue weighted by molar-refractivity contribution is 5.88. The zero-order chi connectivity index (χ0) is 25.2. The predicted molar refractivity (Wildman–Crippen MR) is 140 cm³/mol. The maximum absolute atomic E-state index is 13.6. The van der Waals surface area contributed by atoms with Gasteiger partial charge in [0.25, 0.3) is 5.91 Å². The van der Waals surface area contributed by atoms with Crippen LogP contribution < -0.4 is 10.1 Å². The van der Waals surface area contributed by atoms with Crippen LogP contribution in [0.2, 0.25) is 0 Å². The molecule has 3 aromatic carbocycles. The van der Waals surface area contributed by atoms with Gasteiger partial charge < -0.3 is 15.0 Å². The monoisotopic (exact) mass is 472 g/mol. The number of hydrogen-bond donors (Lipinski definition) is 1. The molecule has 5 heteroatoms. The van der Waals surface area contributed by atoms with Gasteiger partial charge in [0, 0.05) is 19.5 Å².